The number of non-ortho nitro benzene ring substituents is 1. The zero-order chi connectivity index (χ0) is 24.9. The van der Waals surface area contributed by atoms with Crippen LogP contribution in [0.15, 0.2) is 46.8 Å². The van der Waals surface area contributed by atoms with E-state index in [2.05, 4.69) is 10.0 Å². The molecule has 0 radical (unpaired) electrons. The zero-order valence-electron chi connectivity index (χ0n) is 18.7. The molecule has 1 aliphatic heterocycles. The van der Waals surface area contributed by atoms with Crippen molar-refractivity contribution in [3.8, 4) is 0 Å². The lowest BCUT2D eigenvalue weighted by atomic mass is 9.79. The van der Waals surface area contributed by atoms with Crippen LogP contribution in [0.4, 0.5) is 5.69 Å². The summed E-state index contributed by atoms with van der Waals surface area (Å²) in [5, 5.41) is 14.3. The SMILES string of the molecule is CC1=C(C(=O)CS(=O)(=O)NC(C)C)C(c2cccc([N+](=O)[O-])c2)C(C(=O)OCCCl)=C(C)N1. The Balaban J connectivity index is 2.64. The normalized spacial score (nSPS) is 16.6. The van der Waals surface area contributed by atoms with Crippen LogP contribution >= 0.6 is 11.6 Å². The number of allylic oxidation sites excluding steroid dienone is 3. The minimum absolute atomic E-state index is 0.00746. The molecule has 1 aromatic carbocycles. The fourth-order valence-corrected chi connectivity index (χ4v) is 5.03. The number of sulfonamides is 1. The summed E-state index contributed by atoms with van der Waals surface area (Å²) in [6.45, 7) is 6.33. The maximum atomic E-state index is 13.3. The Morgan fingerprint density at radius 1 is 1.24 bits per heavy atom. The van der Waals surface area contributed by atoms with Crippen LogP contribution in [0, 0.1) is 10.1 Å². The second kappa shape index (κ2) is 10.9. The van der Waals surface area contributed by atoms with Gasteiger partial charge in [-0.1, -0.05) is 12.1 Å². The largest absolute Gasteiger partial charge is 0.461 e. The number of alkyl halides is 1. The molecule has 1 atom stereocenters. The lowest BCUT2D eigenvalue weighted by molar-refractivity contribution is -0.384. The third-order valence-corrected chi connectivity index (χ3v) is 6.37. The number of carbonyl (C=O) groups is 2. The Bertz CT molecular complexity index is 1130. The standard InChI is InChI=1S/C21H26ClN3O7S/c1-12(2)24-33(30,31)11-17(26)18-13(3)23-14(4)19(21(27)32-9-8-22)20(18)15-6-5-7-16(10-15)25(28)29/h5-7,10,12,20,23-24H,8-9,11H2,1-4H3. The Morgan fingerprint density at radius 2 is 1.88 bits per heavy atom. The topological polar surface area (TPSA) is 145 Å². The molecule has 0 spiro atoms. The van der Waals surface area contributed by atoms with Crippen LogP contribution in [0.1, 0.15) is 39.2 Å². The first-order chi connectivity index (χ1) is 15.4. The number of nitro groups is 1. The van der Waals surface area contributed by atoms with E-state index < -0.39 is 44.4 Å². The second-order valence-electron chi connectivity index (χ2n) is 7.77. The summed E-state index contributed by atoms with van der Waals surface area (Å²) in [7, 11) is -3.96. The van der Waals surface area contributed by atoms with Crippen molar-refractivity contribution < 1.29 is 27.7 Å². The van der Waals surface area contributed by atoms with Crippen LogP contribution in [0.5, 0.6) is 0 Å². The molecule has 1 aromatic rings. The van der Waals surface area contributed by atoms with E-state index in [1.54, 1.807) is 27.7 Å². The lowest BCUT2D eigenvalue weighted by Gasteiger charge is -2.31. The number of halogens is 1. The molecule has 10 nitrogen and oxygen atoms in total. The highest BCUT2D eigenvalue weighted by molar-refractivity contribution is 7.90. The second-order valence-corrected chi connectivity index (χ2v) is 9.90. The minimum atomic E-state index is -3.96. The molecule has 0 fully saturated rings. The Hall–Kier alpha value is -2.76. The van der Waals surface area contributed by atoms with Crippen molar-refractivity contribution in [2.24, 2.45) is 0 Å². The fraction of sp³-hybridized carbons (Fsp3) is 0.429. The molecular formula is C21H26ClN3O7S. The van der Waals surface area contributed by atoms with E-state index in [4.69, 9.17) is 16.3 Å². The minimum Gasteiger partial charge on any atom is -0.461 e. The van der Waals surface area contributed by atoms with Crippen LogP contribution in [0.3, 0.4) is 0 Å². The highest BCUT2D eigenvalue weighted by Gasteiger charge is 2.38. The van der Waals surface area contributed by atoms with Crippen molar-refractivity contribution in [2.75, 3.05) is 18.2 Å². The molecular weight excluding hydrogens is 474 g/mol. The molecule has 33 heavy (non-hydrogen) atoms. The van der Waals surface area contributed by atoms with Crippen molar-refractivity contribution in [3.63, 3.8) is 0 Å². The van der Waals surface area contributed by atoms with E-state index in [0.29, 0.717) is 11.4 Å². The molecule has 0 saturated carbocycles. The number of rotatable bonds is 10. The smallest absolute Gasteiger partial charge is 0.336 e. The van der Waals surface area contributed by atoms with Gasteiger partial charge in [-0.3, -0.25) is 14.9 Å². The number of nitrogens with one attached hydrogen (secondary N) is 2. The van der Waals surface area contributed by atoms with Gasteiger partial charge in [0.15, 0.2) is 5.78 Å². The molecule has 0 bridgehead atoms. The molecule has 0 amide bonds. The van der Waals surface area contributed by atoms with E-state index in [1.165, 1.54) is 24.3 Å². The van der Waals surface area contributed by atoms with Gasteiger partial charge >= 0.3 is 5.97 Å². The van der Waals surface area contributed by atoms with Crippen LogP contribution in [0.25, 0.3) is 0 Å². The molecule has 2 N–H and O–H groups in total. The van der Waals surface area contributed by atoms with E-state index in [9.17, 15) is 28.1 Å². The third kappa shape index (κ3) is 6.62. The molecule has 1 aliphatic rings. The molecule has 0 saturated heterocycles. The van der Waals surface area contributed by atoms with Gasteiger partial charge in [-0.15, -0.1) is 11.6 Å². The zero-order valence-corrected chi connectivity index (χ0v) is 20.2. The maximum absolute atomic E-state index is 13.3. The number of hydrogen-bond donors (Lipinski definition) is 2. The van der Waals surface area contributed by atoms with Crippen LogP contribution < -0.4 is 10.0 Å². The predicted molar refractivity (Wildman–Crippen MR) is 123 cm³/mol. The van der Waals surface area contributed by atoms with Gasteiger partial charge in [-0.25, -0.2) is 17.9 Å². The van der Waals surface area contributed by atoms with Crippen molar-refractivity contribution in [1.82, 2.24) is 10.0 Å². The summed E-state index contributed by atoms with van der Waals surface area (Å²) >= 11 is 5.63. The van der Waals surface area contributed by atoms with E-state index in [0.717, 1.165) is 0 Å². The number of carbonyl (C=O) groups excluding carboxylic acids is 2. The maximum Gasteiger partial charge on any atom is 0.336 e. The fourth-order valence-electron chi connectivity index (χ4n) is 3.65. The van der Waals surface area contributed by atoms with Crippen molar-refractivity contribution in [1.29, 1.82) is 0 Å². The monoisotopic (exact) mass is 499 g/mol. The quantitative estimate of drug-likeness (QED) is 0.216. The molecule has 1 unspecified atom stereocenters. The molecule has 180 valence electrons. The summed E-state index contributed by atoms with van der Waals surface area (Å²) in [4.78, 5) is 36.9. The number of ether oxygens (including phenoxy) is 1. The van der Waals surface area contributed by atoms with Crippen LogP contribution in [-0.2, 0) is 24.3 Å². The van der Waals surface area contributed by atoms with Gasteiger partial charge in [0.05, 0.1) is 16.4 Å². The number of benzene rings is 1. The first-order valence-corrected chi connectivity index (χ1v) is 12.3. The highest BCUT2D eigenvalue weighted by atomic mass is 35.5. The Morgan fingerprint density at radius 3 is 2.45 bits per heavy atom. The van der Waals surface area contributed by atoms with Crippen molar-refractivity contribution in [2.45, 2.75) is 39.7 Å². The van der Waals surface area contributed by atoms with Gasteiger partial charge in [0, 0.05) is 41.1 Å². The van der Waals surface area contributed by atoms with E-state index in [-0.39, 0.29) is 34.9 Å². The summed E-state index contributed by atoms with van der Waals surface area (Å²) in [5.74, 6) is -3.39. The van der Waals surface area contributed by atoms with Gasteiger partial charge < -0.3 is 10.1 Å². The van der Waals surface area contributed by atoms with Gasteiger partial charge in [0.1, 0.15) is 12.4 Å². The molecule has 0 aliphatic carbocycles. The van der Waals surface area contributed by atoms with Crippen LogP contribution in [0.2, 0.25) is 0 Å². The van der Waals surface area contributed by atoms with E-state index >= 15 is 0 Å². The number of dihydropyridines is 1. The van der Waals surface area contributed by atoms with Gasteiger partial charge in [-0.05, 0) is 33.3 Å². The number of ketones is 1. The third-order valence-electron chi connectivity index (χ3n) is 4.74. The molecule has 12 heteroatoms. The van der Waals surface area contributed by atoms with Gasteiger partial charge in [-0.2, -0.15) is 0 Å². The molecule has 0 aromatic heterocycles. The van der Waals surface area contributed by atoms with Gasteiger partial charge in [0.2, 0.25) is 10.0 Å². The van der Waals surface area contributed by atoms with Crippen molar-refractivity contribution in [3.05, 3.63) is 62.5 Å². The van der Waals surface area contributed by atoms with Gasteiger partial charge in [0.25, 0.3) is 5.69 Å². The average Bonchev–Trinajstić information content (AvgIpc) is 2.69. The Labute approximate surface area is 197 Å². The number of esters is 1. The average molecular weight is 500 g/mol. The first-order valence-electron chi connectivity index (χ1n) is 10.1. The Kier molecular flexibility index (Phi) is 8.76. The predicted octanol–water partition coefficient (Wildman–Crippen LogP) is 2.51. The van der Waals surface area contributed by atoms with E-state index in [1.807, 2.05) is 0 Å². The first kappa shape index (κ1) is 26.5. The summed E-state index contributed by atoms with van der Waals surface area (Å²) < 4.78 is 32.4. The number of nitrogens with zero attached hydrogens (tertiary/aromatic N) is 1. The lowest BCUT2D eigenvalue weighted by Crippen LogP contribution is -2.38. The number of nitro benzene ring substituents is 1. The summed E-state index contributed by atoms with van der Waals surface area (Å²) in [6.07, 6.45) is 0. The molecule has 2 rings (SSSR count). The number of hydrogen-bond acceptors (Lipinski definition) is 8. The summed E-state index contributed by atoms with van der Waals surface area (Å²) in [5.41, 5.74) is 0.804. The molecule has 1 heterocycles. The highest BCUT2D eigenvalue weighted by Crippen LogP contribution is 2.40. The number of Topliss-reactive ketones (excluding diaryl/α,β-unsaturated/α-hetero) is 1. The van der Waals surface area contributed by atoms with Crippen LogP contribution in [-0.4, -0.2) is 49.4 Å². The summed E-state index contributed by atoms with van der Waals surface area (Å²) in [6, 6.07) is 5.08. The van der Waals surface area contributed by atoms with Crippen molar-refractivity contribution >= 4 is 39.1 Å².